The van der Waals surface area contributed by atoms with Crippen LogP contribution in [0.5, 0.6) is 5.75 Å². The third kappa shape index (κ3) is 7.82. The number of imidazole rings is 1. The van der Waals surface area contributed by atoms with Gasteiger partial charge in [0.05, 0.1) is 24.5 Å². The van der Waals surface area contributed by atoms with Crippen molar-refractivity contribution in [2.75, 3.05) is 50.8 Å². The number of rotatable bonds is 9. The van der Waals surface area contributed by atoms with E-state index in [-0.39, 0.29) is 23.1 Å². The summed E-state index contributed by atoms with van der Waals surface area (Å²) < 4.78 is 20.7. The molecular weight excluding hydrogens is 573 g/mol. The molecule has 0 bridgehead atoms. The molecule has 2 aliphatic heterocycles. The molecule has 224 valence electrons. The van der Waals surface area contributed by atoms with Gasteiger partial charge < -0.3 is 44.8 Å². The van der Waals surface area contributed by atoms with Crippen molar-refractivity contribution in [2.24, 2.45) is 0 Å². The lowest BCUT2D eigenvalue weighted by molar-refractivity contribution is -0.189. The number of piperazine rings is 1. The Hall–Kier alpha value is -3.06. The van der Waals surface area contributed by atoms with Gasteiger partial charge in [0.2, 0.25) is 5.79 Å². The predicted octanol–water partition coefficient (Wildman–Crippen LogP) is 3.13. The number of hydrogen-bond acceptors (Lipinski definition) is 6. The second kappa shape index (κ2) is 14.7. The lowest BCUT2D eigenvalue weighted by Crippen LogP contribution is -2.52. The standard InChI is InChI=1S/C28H33Cl2N5O4.2H2O/c1-2-9-32-27(36)35-14-12-34(13-15-35)22-4-6-23(7-5-22)37-17-24-18-38-28(39-24,19-33-11-10-31-20-33)25-8-3-21(29)16-26(25)30;;/h3-8,10-11,16,20,24H,2,9,12-15,17-19H2,1H3,(H,32,36);2*1H2. The van der Waals surface area contributed by atoms with Gasteiger partial charge in [-0.2, -0.15) is 0 Å². The van der Waals surface area contributed by atoms with E-state index in [2.05, 4.69) is 15.2 Å². The minimum Gasteiger partial charge on any atom is -0.491 e. The summed E-state index contributed by atoms with van der Waals surface area (Å²) in [5.74, 6) is -0.341. The zero-order valence-corrected chi connectivity index (χ0v) is 24.4. The van der Waals surface area contributed by atoms with Crippen molar-refractivity contribution in [3.8, 4) is 5.75 Å². The molecule has 0 saturated carbocycles. The smallest absolute Gasteiger partial charge is 0.317 e. The van der Waals surface area contributed by atoms with Crippen molar-refractivity contribution >= 4 is 34.9 Å². The summed E-state index contributed by atoms with van der Waals surface area (Å²) in [6.45, 7) is 6.79. The minimum atomic E-state index is -1.09. The zero-order valence-electron chi connectivity index (χ0n) is 22.9. The Morgan fingerprint density at radius 2 is 1.88 bits per heavy atom. The average molecular weight is 611 g/mol. The van der Waals surface area contributed by atoms with Gasteiger partial charge in [-0.15, -0.1) is 0 Å². The average Bonchev–Trinajstić information content (AvgIpc) is 3.61. The Balaban J connectivity index is 0.00000231. The van der Waals surface area contributed by atoms with E-state index in [0.29, 0.717) is 55.0 Å². The van der Waals surface area contributed by atoms with Crippen LogP contribution in [-0.4, -0.2) is 83.5 Å². The highest BCUT2D eigenvalue weighted by Gasteiger charge is 2.45. The van der Waals surface area contributed by atoms with Crippen molar-refractivity contribution in [3.63, 3.8) is 0 Å². The SMILES string of the molecule is CCCNC(=O)N1CCN(c2ccc(OCC3COC(Cn4ccnc4)(c4ccc(Cl)cc4Cl)O3)cc2)CC1.O.O. The molecule has 13 heteroatoms. The summed E-state index contributed by atoms with van der Waals surface area (Å²) in [4.78, 5) is 20.5. The number of carbonyl (C=O) groups excluding carboxylic acids is 1. The van der Waals surface area contributed by atoms with Gasteiger partial charge in [-0.1, -0.05) is 36.2 Å². The first kappa shape index (κ1) is 32.5. The summed E-state index contributed by atoms with van der Waals surface area (Å²) in [7, 11) is 0. The lowest BCUT2D eigenvalue weighted by atomic mass is 10.1. The number of ether oxygens (including phenoxy) is 3. The number of halogens is 2. The Labute approximate surface area is 249 Å². The molecule has 2 fully saturated rings. The highest BCUT2D eigenvalue weighted by atomic mass is 35.5. The molecule has 2 amide bonds. The molecule has 0 spiro atoms. The van der Waals surface area contributed by atoms with E-state index in [9.17, 15) is 4.79 Å². The molecule has 2 aliphatic rings. The van der Waals surface area contributed by atoms with E-state index < -0.39 is 5.79 Å². The van der Waals surface area contributed by atoms with Gasteiger partial charge in [-0.3, -0.25) is 0 Å². The highest BCUT2D eigenvalue weighted by Crippen LogP contribution is 2.40. The summed E-state index contributed by atoms with van der Waals surface area (Å²) in [6, 6.07) is 13.3. The lowest BCUT2D eigenvalue weighted by Gasteiger charge is -2.36. The summed E-state index contributed by atoms with van der Waals surface area (Å²) in [5.41, 5.74) is 1.81. The third-order valence-corrected chi connectivity index (χ3v) is 7.43. The molecule has 1 aromatic heterocycles. The highest BCUT2D eigenvalue weighted by molar-refractivity contribution is 6.35. The van der Waals surface area contributed by atoms with Crippen molar-refractivity contribution in [3.05, 3.63) is 76.8 Å². The van der Waals surface area contributed by atoms with Crippen molar-refractivity contribution in [1.82, 2.24) is 19.8 Å². The fourth-order valence-corrected chi connectivity index (χ4v) is 5.38. The maximum absolute atomic E-state index is 12.2. The molecule has 2 unspecified atom stereocenters. The van der Waals surface area contributed by atoms with Gasteiger partial charge in [0.25, 0.3) is 0 Å². The van der Waals surface area contributed by atoms with Crippen LogP contribution in [0.2, 0.25) is 10.0 Å². The molecule has 0 radical (unpaired) electrons. The number of amides is 2. The Kier molecular flexibility index (Phi) is 11.6. The van der Waals surface area contributed by atoms with Gasteiger partial charge >= 0.3 is 6.03 Å². The quantitative estimate of drug-likeness (QED) is 0.394. The number of benzene rings is 2. The number of nitrogens with one attached hydrogen (secondary N) is 1. The normalized spacial score (nSPS) is 20.2. The molecular formula is C28H37Cl2N5O6. The van der Waals surface area contributed by atoms with Crippen LogP contribution in [0.15, 0.2) is 61.2 Å². The molecule has 2 aromatic carbocycles. The minimum absolute atomic E-state index is 0. The zero-order chi connectivity index (χ0) is 27.2. The molecule has 41 heavy (non-hydrogen) atoms. The molecule has 3 heterocycles. The van der Waals surface area contributed by atoms with E-state index in [4.69, 9.17) is 37.4 Å². The number of aromatic nitrogens is 2. The van der Waals surface area contributed by atoms with Crippen LogP contribution in [-0.2, 0) is 21.8 Å². The van der Waals surface area contributed by atoms with Crippen LogP contribution in [0.25, 0.3) is 0 Å². The van der Waals surface area contributed by atoms with Crippen molar-refractivity contribution < 1.29 is 30.0 Å². The van der Waals surface area contributed by atoms with Crippen LogP contribution in [0.1, 0.15) is 18.9 Å². The van der Waals surface area contributed by atoms with Crippen LogP contribution >= 0.6 is 23.2 Å². The topological polar surface area (TPSA) is 144 Å². The van der Waals surface area contributed by atoms with Gasteiger partial charge in [0.15, 0.2) is 0 Å². The Bertz CT molecular complexity index is 1240. The van der Waals surface area contributed by atoms with E-state index in [1.807, 2.05) is 52.9 Å². The first-order valence-electron chi connectivity index (χ1n) is 13.2. The van der Waals surface area contributed by atoms with Crippen LogP contribution in [0.4, 0.5) is 10.5 Å². The van der Waals surface area contributed by atoms with E-state index >= 15 is 0 Å². The first-order chi connectivity index (χ1) is 19.0. The van der Waals surface area contributed by atoms with E-state index in [1.165, 1.54) is 0 Å². The van der Waals surface area contributed by atoms with Gasteiger partial charge in [0, 0.05) is 61.4 Å². The van der Waals surface area contributed by atoms with Gasteiger partial charge in [0.1, 0.15) is 18.5 Å². The van der Waals surface area contributed by atoms with Crippen molar-refractivity contribution in [1.29, 1.82) is 0 Å². The maximum atomic E-state index is 12.2. The molecule has 2 saturated heterocycles. The van der Waals surface area contributed by atoms with Gasteiger partial charge in [-0.05, 0) is 42.8 Å². The maximum Gasteiger partial charge on any atom is 0.317 e. The second-order valence-corrected chi connectivity index (χ2v) is 10.5. The van der Waals surface area contributed by atoms with Gasteiger partial charge in [-0.25, -0.2) is 9.78 Å². The summed E-state index contributed by atoms with van der Waals surface area (Å²) >= 11 is 12.7. The molecule has 0 aliphatic carbocycles. The Morgan fingerprint density at radius 3 is 2.54 bits per heavy atom. The summed E-state index contributed by atoms with van der Waals surface area (Å²) in [6.07, 6.45) is 5.91. The second-order valence-electron chi connectivity index (χ2n) is 9.67. The largest absolute Gasteiger partial charge is 0.491 e. The molecule has 11 nitrogen and oxygen atoms in total. The van der Waals surface area contributed by atoms with E-state index in [0.717, 1.165) is 30.9 Å². The fraction of sp³-hybridized carbons (Fsp3) is 0.429. The Morgan fingerprint density at radius 1 is 1.12 bits per heavy atom. The molecule has 2 atom stereocenters. The summed E-state index contributed by atoms with van der Waals surface area (Å²) in [5, 5.41) is 3.97. The fourth-order valence-electron chi connectivity index (χ4n) is 4.83. The molecule has 3 aromatic rings. The first-order valence-corrected chi connectivity index (χ1v) is 13.9. The van der Waals surface area contributed by atoms with Crippen LogP contribution in [0, 0.1) is 0 Å². The third-order valence-electron chi connectivity index (χ3n) is 6.88. The van der Waals surface area contributed by atoms with Crippen LogP contribution < -0.4 is 15.0 Å². The predicted molar refractivity (Wildman–Crippen MR) is 158 cm³/mol. The molecule has 5 rings (SSSR count). The van der Waals surface area contributed by atoms with Crippen LogP contribution in [0.3, 0.4) is 0 Å². The van der Waals surface area contributed by atoms with E-state index in [1.54, 1.807) is 24.7 Å². The monoisotopic (exact) mass is 609 g/mol. The number of nitrogens with zero attached hydrogens (tertiary/aromatic N) is 4. The number of anilines is 1. The number of carbonyl (C=O) groups is 1. The number of hydrogen-bond donors (Lipinski definition) is 1. The number of urea groups is 1. The van der Waals surface area contributed by atoms with Crippen molar-refractivity contribution in [2.45, 2.75) is 31.8 Å². The molecule has 5 N–H and O–H groups in total.